The maximum Gasteiger partial charge on any atom is 0.324 e. The van der Waals surface area contributed by atoms with Crippen molar-refractivity contribution < 1.29 is 18.3 Å². The molecule has 0 aromatic heterocycles. The van der Waals surface area contributed by atoms with E-state index in [1.54, 1.807) is 0 Å². The molecule has 1 aromatic carbocycles. The number of aliphatic carboxylic acids is 1. The number of hydrogen-bond acceptors (Lipinski definition) is 3. The Balaban J connectivity index is 2.91. The Kier molecular flexibility index (Phi) is 4.84. The Hall–Kier alpha value is -0.820. The van der Waals surface area contributed by atoms with Gasteiger partial charge in [0.25, 0.3) is 0 Å². The van der Waals surface area contributed by atoms with Gasteiger partial charge in [-0.05, 0) is 31.5 Å². The molecule has 0 radical (unpaired) electrons. The topological polar surface area (TPSA) is 83.5 Å². The number of nitrogens with one attached hydrogen (secondary N) is 1. The van der Waals surface area contributed by atoms with E-state index < -0.39 is 21.5 Å². The van der Waals surface area contributed by atoms with Crippen LogP contribution in [0.3, 0.4) is 0 Å². The number of rotatable bonds is 5. The predicted molar refractivity (Wildman–Crippen MR) is 73.9 cm³/mol. The molecule has 0 aliphatic rings. The van der Waals surface area contributed by atoms with Gasteiger partial charge < -0.3 is 5.11 Å². The molecule has 1 aromatic rings. The largest absolute Gasteiger partial charge is 0.480 e. The summed E-state index contributed by atoms with van der Waals surface area (Å²) in [6, 6.07) is 4.43. The van der Waals surface area contributed by atoms with Gasteiger partial charge >= 0.3 is 5.97 Å². The summed E-state index contributed by atoms with van der Waals surface area (Å²) in [7, 11) is -3.80. The molecule has 8 heteroatoms. The van der Waals surface area contributed by atoms with E-state index in [4.69, 9.17) is 28.3 Å². The van der Waals surface area contributed by atoms with Crippen molar-refractivity contribution in [1.29, 1.82) is 0 Å². The van der Waals surface area contributed by atoms with Gasteiger partial charge in [0.1, 0.15) is 5.54 Å². The fourth-order valence-electron chi connectivity index (χ4n) is 1.32. The van der Waals surface area contributed by atoms with Crippen molar-refractivity contribution in [1.82, 2.24) is 4.72 Å². The first-order valence-electron chi connectivity index (χ1n) is 5.22. The maximum atomic E-state index is 11.9. The average molecular weight is 326 g/mol. The molecule has 0 amide bonds. The van der Waals surface area contributed by atoms with E-state index in [0.29, 0.717) is 10.6 Å². The number of benzene rings is 1. The van der Waals surface area contributed by atoms with Gasteiger partial charge in [0.15, 0.2) is 0 Å². The van der Waals surface area contributed by atoms with E-state index in [-0.39, 0.29) is 10.8 Å². The minimum atomic E-state index is -3.80. The third-order valence-corrected chi connectivity index (χ3v) is 4.56. The van der Waals surface area contributed by atoms with Crippen LogP contribution in [0.1, 0.15) is 19.4 Å². The van der Waals surface area contributed by atoms with Gasteiger partial charge in [0.2, 0.25) is 10.0 Å². The standard InChI is InChI=1S/C11H13Cl2NO4S/c1-11(2,10(15)16)14-19(17,18)6-7-3-4-8(12)9(13)5-7/h3-5,14H,6H2,1-2H3,(H,15,16). The van der Waals surface area contributed by atoms with Crippen molar-refractivity contribution in [3.8, 4) is 0 Å². The molecule has 0 saturated heterocycles. The van der Waals surface area contributed by atoms with Crippen molar-refractivity contribution in [3.63, 3.8) is 0 Å². The van der Waals surface area contributed by atoms with Crippen LogP contribution in [0, 0.1) is 0 Å². The molecule has 0 bridgehead atoms. The summed E-state index contributed by atoms with van der Waals surface area (Å²) in [5.74, 6) is -1.63. The van der Waals surface area contributed by atoms with Crippen LogP contribution in [0.25, 0.3) is 0 Å². The molecule has 2 N–H and O–H groups in total. The Morgan fingerprint density at radius 2 is 1.89 bits per heavy atom. The van der Waals surface area contributed by atoms with Gasteiger partial charge in [-0.3, -0.25) is 4.79 Å². The lowest BCUT2D eigenvalue weighted by Gasteiger charge is -2.20. The number of halogens is 2. The number of carboxylic acids is 1. The van der Waals surface area contributed by atoms with Crippen molar-refractivity contribution >= 4 is 39.2 Å². The maximum absolute atomic E-state index is 11.9. The lowest BCUT2D eigenvalue weighted by atomic mass is 10.1. The highest BCUT2D eigenvalue weighted by molar-refractivity contribution is 7.88. The third-order valence-electron chi connectivity index (χ3n) is 2.29. The molecule has 5 nitrogen and oxygen atoms in total. The molecule has 19 heavy (non-hydrogen) atoms. The Morgan fingerprint density at radius 3 is 2.37 bits per heavy atom. The van der Waals surface area contributed by atoms with Crippen molar-refractivity contribution in [2.45, 2.75) is 25.1 Å². The molecule has 0 fully saturated rings. The van der Waals surface area contributed by atoms with Gasteiger partial charge in [0, 0.05) is 0 Å². The molecule has 0 unspecified atom stereocenters. The zero-order chi connectivity index (χ0) is 14.8. The van der Waals surface area contributed by atoms with Gasteiger partial charge in [-0.25, -0.2) is 8.42 Å². The quantitative estimate of drug-likeness (QED) is 0.869. The van der Waals surface area contributed by atoms with Gasteiger partial charge in [-0.15, -0.1) is 0 Å². The van der Waals surface area contributed by atoms with Crippen LogP contribution in [0.4, 0.5) is 0 Å². The molecule has 0 saturated carbocycles. The summed E-state index contributed by atoms with van der Waals surface area (Å²) in [5.41, 5.74) is -1.15. The summed E-state index contributed by atoms with van der Waals surface area (Å²) in [4.78, 5) is 10.9. The first kappa shape index (κ1) is 16.2. The van der Waals surface area contributed by atoms with E-state index in [2.05, 4.69) is 4.72 Å². The molecule has 0 atom stereocenters. The number of carbonyl (C=O) groups is 1. The first-order valence-corrected chi connectivity index (χ1v) is 7.63. The number of sulfonamides is 1. The molecular weight excluding hydrogens is 313 g/mol. The van der Waals surface area contributed by atoms with Crippen LogP contribution >= 0.6 is 23.2 Å². The minimum Gasteiger partial charge on any atom is -0.480 e. The van der Waals surface area contributed by atoms with E-state index in [1.807, 2.05) is 0 Å². The van der Waals surface area contributed by atoms with Gasteiger partial charge in [0.05, 0.1) is 15.8 Å². The van der Waals surface area contributed by atoms with Crippen molar-refractivity contribution in [2.75, 3.05) is 0 Å². The lowest BCUT2D eigenvalue weighted by Crippen LogP contribution is -2.49. The SMILES string of the molecule is CC(C)(NS(=O)(=O)Cc1ccc(Cl)c(Cl)c1)C(=O)O. The molecule has 0 aliphatic heterocycles. The van der Waals surface area contributed by atoms with E-state index in [1.165, 1.54) is 32.0 Å². The van der Waals surface area contributed by atoms with Crippen LogP contribution in [0.5, 0.6) is 0 Å². The molecule has 1 rings (SSSR count). The Bertz CT molecular complexity index is 599. The summed E-state index contributed by atoms with van der Waals surface area (Å²) in [6.07, 6.45) is 0. The Morgan fingerprint density at radius 1 is 1.32 bits per heavy atom. The summed E-state index contributed by atoms with van der Waals surface area (Å²) in [6.45, 7) is 2.53. The highest BCUT2D eigenvalue weighted by atomic mass is 35.5. The fraction of sp³-hybridized carbons (Fsp3) is 0.364. The zero-order valence-electron chi connectivity index (χ0n) is 10.3. The minimum absolute atomic E-state index is 0.242. The van der Waals surface area contributed by atoms with Crippen LogP contribution < -0.4 is 4.72 Å². The highest BCUT2D eigenvalue weighted by Gasteiger charge is 2.32. The van der Waals surface area contributed by atoms with E-state index in [9.17, 15) is 13.2 Å². The monoisotopic (exact) mass is 325 g/mol. The molecule has 0 spiro atoms. The second kappa shape index (κ2) is 5.66. The Labute approximate surface area is 121 Å². The summed E-state index contributed by atoms with van der Waals surface area (Å²) in [5, 5.41) is 9.45. The zero-order valence-corrected chi connectivity index (χ0v) is 12.6. The number of carboxylic acid groups (broad SMARTS) is 1. The average Bonchev–Trinajstić information content (AvgIpc) is 2.21. The van der Waals surface area contributed by atoms with Crippen molar-refractivity contribution in [2.24, 2.45) is 0 Å². The molecule has 0 aliphatic carbocycles. The fourth-order valence-corrected chi connectivity index (χ4v) is 3.19. The summed E-state index contributed by atoms with van der Waals surface area (Å²) < 4.78 is 25.8. The molecule has 106 valence electrons. The van der Waals surface area contributed by atoms with E-state index >= 15 is 0 Å². The second-order valence-corrected chi connectivity index (χ2v) is 7.08. The summed E-state index contributed by atoms with van der Waals surface area (Å²) >= 11 is 11.5. The normalized spacial score (nSPS) is 12.4. The first-order chi connectivity index (χ1) is 8.53. The third kappa shape index (κ3) is 4.65. The van der Waals surface area contributed by atoms with E-state index in [0.717, 1.165) is 0 Å². The molecular formula is C11H13Cl2NO4S. The number of hydrogen-bond donors (Lipinski definition) is 2. The van der Waals surface area contributed by atoms with Gasteiger partial charge in [-0.1, -0.05) is 29.3 Å². The van der Waals surface area contributed by atoms with Crippen molar-refractivity contribution in [3.05, 3.63) is 33.8 Å². The second-order valence-electron chi connectivity index (χ2n) is 4.54. The predicted octanol–water partition coefficient (Wildman–Crippen LogP) is 2.28. The lowest BCUT2D eigenvalue weighted by molar-refractivity contribution is -0.142. The molecule has 0 heterocycles. The highest BCUT2D eigenvalue weighted by Crippen LogP contribution is 2.23. The van der Waals surface area contributed by atoms with Gasteiger partial charge in [-0.2, -0.15) is 4.72 Å². The van der Waals surface area contributed by atoms with Crippen LogP contribution in [-0.2, 0) is 20.6 Å². The smallest absolute Gasteiger partial charge is 0.324 e. The van der Waals surface area contributed by atoms with Crippen LogP contribution in [0.2, 0.25) is 10.0 Å². The van der Waals surface area contributed by atoms with Crippen LogP contribution in [0.15, 0.2) is 18.2 Å². The van der Waals surface area contributed by atoms with Crippen LogP contribution in [-0.4, -0.2) is 25.0 Å².